The molecule has 11 heteroatoms. The second-order valence-corrected chi connectivity index (χ2v) is 15.0. The van der Waals surface area contributed by atoms with Crippen molar-refractivity contribution in [3.8, 4) is 0 Å². The number of Topliss-reactive ketones (excluding diaryl/α,β-unsaturated/α-hetero) is 1. The molecule has 1 unspecified atom stereocenters. The Bertz CT molecular complexity index is 1610. The van der Waals surface area contributed by atoms with Gasteiger partial charge < -0.3 is 18.9 Å². The van der Waals surface area contributed by atoms with Gasteiger partial charge in [-0.1, -0.05) is 48.5 Å². The molecule has 224 valence electrons. The van der Waals surface area contributed by atoms with Crippen molar-refractivity contribution in [3.05, 3.63) is 65.9 Å². The third-order valence-electron chi connectivity index (χ3n) is 8.30. The van der Waals surface area contributed by atoms with E-state index >= 15 is 0 Å². The summed E-state index contributed by atoms with van der Waals surface area (Å²) in [5.74, 6) is -0.996. The third kappa shape index (κ3) is 5.74. The maximum absolute atomic E-state index is 14.0. The molecule has 2 saturated heterocycles. The number of fused-ring (bicyclic) bond motifs is 1. The number of piperidine rings is 1. The number of rotatable bonds is 5. The summed E-state index contributed by atoms with van der Waals surface area (Å²) in [7, 11) is -4.72. The van der Waals surface area contributed by atoms with Crippen LogP contribution in [-0.2, 0) is 34.6 Å². The maximum atomic E-state index is 14.0. The van der Waals surface area contributed by atoms with Crippen molar-refractivity contribution in [2.24, 2.45) is 0 Å². The zero-order valence-corrected chi connectivity index (χ0v) is 26.2. The number of para-hydroxylation sites is 1. The molecule has 3 heterocycles. The molecule has 0 N–H and O–H groups in total. The first-order chi connectivity index (χ1) is 19.5. The van der Waals surface area contributed by atoms with Gasteiger partial charge in [0.15, 0.2) is 5.78 Å². The molecule has 0 spiro atoms. The third-order valence-corrected chi connectivity index (χ3v) is 9.89. The quantitative estimate of drug-likeness (QED) is 0.398. The van der Waals surface area contributed by atoms with Gasteiger partial charge in [-0.2, -0.15) is 0 Å². The summed E-state index contributed by atoms with van der Waals surface area (Å²) in [6.07, 6.45) is 1.38. The van der Waals surface area contributed by atoms with Gasteiger partial charge in [0.05, 0.1) is 29.0 Å². The van der Waals surface area contributed by atoms with Crippen molar-refractivity contribution in [3.63, 3.8) is 0 Å². The van der Waals surface area contributed by atoms with Crippen molar-refractivity contribution in [1.82, 2.24) is 8.87 Å². The Morgan fingerprint density at radius 3 is 2.26 bits per heavy atom. The zero-order valence-electron chi connectivity index (χ0n) is 25.3. The Morgan fingerprint density at radius 2 is 1.67 bits per heavy atom. The van der Waals surface area contributed by atoms with E-state index in [1.807, 2.05) is 45.9 Å². The Balaban J connectivity index is 1.59. The van der Waals surface area contributed by atoms with E-state index in [1.165, 1.54) is 8.87 Å². The first-order valence-corrected chi connectivity index (χ1v) is 15.9. The smallest absolute Gasteiger partial charge is 0.444 e. The molecule has 0 bridgehead atoms. The van der Waals surface area contributed by atoms with Gasteiger partial charge in [-0.3, -0.25) is 4.79 Å². The summed E-state index contributed by atoms with van der Waals surface area (Å²) in [6.45, 7) is 13.3. The maximum Gasteiger partial charge on any atom is 0.497 e. The molecule has 3 aromatic rings. The van der Waals surface area contributed by atoms with Crippen molar-refractivity contribution >= 4 is 45.4 Å². The first kappa shape index (κ1) is 30.3. The molecule has 1 aromatic heterocycles. The van der Waals surface area contributed by atoms with Crippen molar-refractivity contribution in [2.45, 2.75) is 83.4 Å². The highest BCUT2D eigenvalue weighted by molar-refractivity contribution is 7.89. The number of carbonyl (C=O) groups excluding carboxylic acids is 2. The van der Waals surface area contributed by atoms with Gasteiger partial charge in [0, 0.05) is 29.5 Å². The average Bonchev–Trinajstić information content (AvgIpc) is 3.38. The van der Waals surface area contributed by atoms with Crippen LogP contribution in [-0.4, -0.2) is 66.2 Å². The predicted octanol–water partition coefficient (Wildman–Crippen LogP) is 4.61. The summed E-state index contributed by atoms with van der Waals surface area (Å²) < 4.78 is 47.5. The summed E-state index contributed by atoms with van der Waals surface area (Å²) in [4.78, 5) is 27.6. The van der Waals surface area contributed by atoms with Gasteiger partial charge in [0.1, 0.15) is 5.60 Å². The van der Waals surface area contributed by atoms with Crippen LogP contribution in [0.3, 0.4) is 0 Å². The number of ketones is 1. The van der Waals surface area contributed by atoms with E-state index in [-0.39, 0.29) is 18.1 Å². The fraction of sp³-hybridized carbons (Fsp3) is 0.484. The van der Waals surface area contributed by atoms with Crippen LogP contribution in [0, 0.1) is 0 Å². The van der Waals surface area contributed by atoms with Crippen LogP contribution in [0.4, 0.5) is 4.79 Å². The van der Waals surface area contributed by atoms with E-state index in [0.717, 1.165) is 0 Å². The van der Waals surface area contributed by atoms with E-state index in [9.17, 15) is 18.0 Å². The molecule has 0 radical (unpaired) electrons. The van der Waals surface area contributed by atoms with E-state index in [2.05, 4.69) is 0 Å². The lowest BCUT2D eigenvalue weighted by Gasteiger charge is -2.33. The monoisotopic (exact) mass is 594 g/mol. The van der Waals surface area contributed by atoms with Crippen LogP contribution in [0.5, 0.6) is 0 Å². The van der Waals surface area contributed by atoms with E-state index in [4.69, 9.17) is 14.0 Å². The Kier molecular flexibility index (Phi) is 7.61. The molecular weight excluding hydrogens is 555 g/mol. The van der Waals surface area contributed by atoms with E-state index in [0.29, 0.717) is 40.5 Å². The highest BCUT2D eigenvalue weighted by Crippen LogP contribution is 2.39. The molecule has 2 aromatic carbocycles. The van der Waals surface area contributed by atoms with Crippen molar-refractivity contribution in [1.29, 1.82) is 0 Å². The average molecular weight is 595 g/mol. The number of nitrogens with zero attached hydrogens (tertiary/aromatic N) is 2. The van der Waals surface area contributed by atoms with E-state index in [1.54, 1.807) is 57.3 Å². The van der Waals surface area contributed by atoms with Crippen LogP contribution >= 0.6 is 0 Å². The lowest BCUT2D eigenvalue weighted by molar-refractivity contribution is -0.123. The molecule has 1 amide bonds. The lowest BCUT2D eigenvalue weighted by Crippen LogP contribution is -2.45. The minimum atomic E-state index is -3.92. The molecule has 5 rings (SSSR count). The minimum Gasteiger partial charge on any atom is -0.444 e. The first-order valence-electron chi connectivity index (χ1n) is 14.3. The number of carbonyl (C=O) groups is 2. The number of amides is 1. The minimum absolute atomic E-state index is 0.114. The molecule has 0 saturated carbocycles. The van der Waals surface area contributed by atoms with Crippen LogP contribution in [0.25, 0.3) is 10.9 Å². The second-order valence-electron chi connectivity index (χ2n) is 13.2. The number of hydrogen-bond acceptors (Lipinski definition) is 7. The fourth-order valence-electron chi connectivity index (χ4n) is 5.45. The van der Waals surface area contributed by atoms with Gasteiger partial charge in [-0.15, -0.1) is 0 Å². The summed E-state index contributed by atoms with van der Waals surface area (Å²) >= 11 is 0. The number of ether oxygens (including phenoxy) is 1. The van der Waals surface area contributed by atoms with Crippen LogP contribution in [0.2, 0.25) is 0 Å². The summed E-state index contributed by atoms with van der Waals surface area (Å²) in [6, 6.07) is 14.5. The molecule has 42 heavy (non-hydrogen) atoms. The Hall–Kier alpha value is -3.15. The van der Waals surface area contributed by atoms with Gasteiger partial charge in [-0.25, -0.2) is 17.2 Å². The molecule has 2 aliphatic heterocycles. The molecule has 0 aliphatic carbocycles. The Labute approximate surface area is 248 Å². The standard InChI is InChI=1S/C31H39BN2O7S/c1-29(2,3)39-28(36)33-17-16-22(26(35)19-33)23-14-11-15-24-25(32-40-30(4,5)31(6,7)41-32)18-34(27(23)24)42(37,38)20-21-12-9-8-10-13-21/h8-15,18,22H,16-17,19-20H2,1-7H3. The van der Waals surface area contributed by atoms with Crippen LogP contribution in [0.1, 0.15) is 71.9 Å². The summed E-state index contributed by atoms with van der Waals surface area (Å²) in [5, 5.41) is 0.644. The van der Waals surface area contributed by atoms with Crippen LogP contribution in [0.15, 0.2) is 54.7 Å². The molecule has 2 aliphatic rings. The number of hydrogen-bond donors (Lipinski definition) is 0. The highest BCUT2D eigenvalue weighted by atomic mass is 32.2. The molecule has 1 atom stereocenters. The van der Waals surface area contributed by atoms with Crippen molar-refractivity contribution in [2.75, 3.05) is 13.1 Å². The van der Waals surface area contributed by atoms with E-state index < -0.39 is 46.0 Å². The topological polar surface area (TPSA) is 104 Å². The normalized spacial score (nSPS) is 20.7. The van der Waals surface area contributed by atoms with Gasteiger partial charge in [-0.05, 0) is 66.0 Å². The number of aromatic nitrogens is 1. The molecule has 2 fully saturated rings. The fourth-order valence-corrected chi connectivity index (χ4v) is 6.96. The largest absolute Gasteiger partial charge is 0.497 e. The molecular formula is C31H39BN2O7S. The number of benzene rings is 2. The summed E-state index contributed by atoms with van der Waals surface area (Å²) in [5.41, 5.74) is 0.327. The van der Waals surface area contributed by atoms with Gasteiger partial charge in [0.25, 0.3) is 0 Å². The lowest BCUT2D eigenvalue weighted by atomic mass is 9.78. The highest BCUT2D eigenvalue weighted by Gasteiger charge is 2.52. The zero-order chi connectivity index (χ0) is 30.7. The van der Waals surface area contributed by atoms with Gasteiger partial charge >= 0.3 is 13.2 Å². The Morgan fingerprint density at radius 1 is 1.02 bits per heavy atom. The number of likely N-dealkylation sites (tertiary alicyclic amines) is 1. The second kappa shape index (κ2) is 10.5. The SMILES string of the molecule is CC(C)(C)OC(=O)N1CCC(c2cccc3c(B4OC(C)(C)C(C)(C)O4)cn(S(=O)(=O)Cc4ccccc4)c23)C(=O)C1. The predicted molar refractivity (Wildman–Crippen MR) is 162 cm³/mol. The molecule has 9 nitrogen and oxygen atoms in total. The van der Waals surface area contributed by atoms with Crippen LogP contribution < -0.4 is 5.46 Å². The van der Waals surface area contributed by atoms with Gasteiger partial charge in [0.2, 0.25) is 10.0 Å². The van der Waals surface area contributed by atoms with Crippen molar-refractivity contribution < 1.29 is 32.1 Å².